The van der Waals surface area contributed by atoms with E-state index < -0.39 is 0 Å². The number of rotatable bonds is 7. The Morgan fingerprint density at radius 1 is 1.00 bits per heavy atom. The third-order valence-corrected chi connectivity index (χ3v) is 4.55. The topological polar surface area (TPSA) is 71.8 Å². The quantitative estimate of drug-likeness (QED) is 0.655. The van der Waals surface area contributed by atoms with Crippen molar-refractivity contribution in [2.45, 2.75) is 20.5 Å². The highest BCUT2D eigenvalue weighted by atomic mass is 16.5. The van der Waals surface area contributed by atoms with Crippen LogP contribution in [0.4, 0.5) is 5.69 Å². The molecule has 0 aliphatic carbocycles. The molecule has 0 spiro atoms. The number of hydrogen-bond acceptors (Lipinski definition) is 4. The van der Waals surface area contributed by atoms with Gasteiger partial charge < -0.3 is 19.4 Å². The largest absolute Gasteiger partial charge is 0.489 e. The van der Waals surface area contributed by atoms with E-state index in [-0.39, 0.29) is 30.7 Å². The summed E-state index contributed by atoms with van der Waals surface area (Å²) in [4.78, 5) is 26.5. The van der Waals surface area contributed by atoms with Crippen molar-refractivity contribution in [2.75, 3.05) is 18.9 Å². The van der Waals surface area contributed by atoms with Gasteiger partial charge in [0.1, 0.15) is 12.4 Å². The van der Waals surface area contributed by atoms with E-state index >= 15 is 0 Å². The van der Waals surface area contributed by atoms with Crippen LogP contribution in [-0.2, 0) is 11.4 Å². The van der Waals surface area contributed by atoms with Gasteiger partial charge in [0.2, 0.25) is 5.91 Å². The monoisotopic (exact) mass is 392 g/mol. The van der Waals surface area contributed by atoms with Crippen LogP contribution >= 0.6 is 0 Å². The lowest BCUT2D eigenvalue weighted by Crippen LogP contribution is -2.35. The van der Waals surface area contributed by atoms with Crippen LogP contribution in [0.5, 0.6) is 5.75 Å². The molecule has 3 rings (SSSR count). The molecule has 1 aromatic heterocycles. The maximum Gasteiger partial charge on any atom is 0.290 e. The van der Waals surface area contributed by atoms with E-state index in [1.54, 1.807) is 13.1 Å². The van der Waals surface area contributed by atoms with Crippen molar-refractivity contribution in [2.24, 2.45) is 0 Å². The van der Waals surface area contributed by atoms with Crippen LogP contribution in [0.25, 0.3) is 0 Å². The molecule has 3 aromatic rings. The Labute approximate surface area is 170 Å². The summed E-state index contributed by atoms with van der Waals surface area (Å²) in [6, 6.07) is 16.8. The van der Waals surface area contributed by atoms with Crippen LogP contribution in [-0.4, -0.2) is 30.3 Å². The first-order chi connectivity index (χ1) is 14.0. The van der Waals surface area contributed by atoms with Crippen LogP contribution < -0.4 is 10.1 Å². The van der Waals surface area contributed by atoms with Gasteiger partial charge in [0, 0.05) is 18.3 Å². The van der Waals surface area contributed by atoms with Crippen molar-refractivity contribution >= 4 is 17.5 Å². The molecule has 0 unspecified atom stereocenters. The Bertz CT molecular complexity index is 975. The first kappa shape index (κ1) is 20.2. The molecule has 2 amide bonds. The number of nitrogens with zero attached hydrogens (tertiary/aromatic N) is 1. The highest BCUT2D eigenvalue weighted by molar-refractivity contribution is 5.99. The first-order valence-electron chi connectivity index (χ1n) is 9.31. The molecule has 0 saturated carbocycles. The van der Waals surface area contributed by atoms with E-state index in [1.807, 2.05) is 62.4 Å². The molecule has 0 aliphatic rings. The maximum absolute atomic E-state index is 12.8. The standard InChI is InChI=1S/C23H24N2O4/c1-16-8-7-9-17(2)21(16)24-20(26)14-25(3)23(27)22-18(12-13-28-22)15-29-19-10-5-4-6-11-19/h4-13H,14-15H2,1-3H3,(H,24,26). The minimum atomic E-state index is -0.377. The van der Waals surface area contributed by atoms with Crippen molar-refractivity contribution in [3.05, 3.63) is 83.3 Å². The Morgan fingerprint density at radius 2 is 1.69 bits per heavy atom. The molecule has 2 aromatic carbocycles. The summed E-state index contributed by atoms with van der Waals surface area (Å²) in [5.41, 5.74) is 3.34. The van der Waals surface area contributed by atoms with Crippen LogP contribution in [0.2, 0.25) is 0 Å². The predicted octanol–water partition coefficient (Wildman–Crippen LogP) is 4.19. The number of carbonyl (C=O) groups is 2. The van der Waals surface area contributed by atoms with Gasteiger partial charge in [0.05, 0.1) is 12.8 Å². The van der Waals surface area contributed by atoms with Gasteiger partial charge in [-0.25, -0.2) is 0 Å². The fourth-order valence-corrected chi connectivity index (χ4v) is 2.97. The first-order valence-corrected chi connectivity index (χ1v) is 9.31. The number of aryl methyl sites for hydroxylation is 2. The molecule has 0 bridgehead atoms. The van der Waals surface area contributed by atoms with Crippen molar-refractivity contribution < 1.29 is 18.7 Å². The number of anilines is 1. The summed E-state index contributed by atoms with van der Waals surface area (Å²) in [7, 11) is 1.57. The predicted molar refractivity (Wildman–Crippen MR) is 111 cm³/mol. The van der Waals surface area contributed by atoms with Gasteiger partial charge in [-0.05, 0) is 43.2 Å². The van der Waals surface area contributed by atoms with E-state index in [0.29, 0.717) is 11.3 Å². The lowest BCUT2D eigenvalue weighted by Gasteiger charge is -2.18. The molecule has 6 nitrogen and oxygen atoms in total. The number of carbonyl (C=O) groups excluding carboxylic acids is 2. The molecule has 0 aliphatic heterocycles. The third kappa shape index (κ3) is 5.04. The van der Waals surface area contributed by atoms with Gasteiger partial charge in [-0.3, -0.25) is 9.59 Å². The average Bonchev–Trinajstić information content (AvgIpc) is 3.18. The fraction of sp³-hybridized carbons (Fsp3) is 0.217. The molecule has 0 saturated heterocycles. The normalized spacial score (nSPS) is 10.4. The van der Waals surface area contributed by atoms with Crippen LogP contribution in [0.15, 0.2) is 65.3 Å². The second-order valence-corrected chi connectivity index (χ2v) is 6.85. The fourth-order valence-electron chi connectivity index (χ4n) is 2.97. The Balaban J connectivity index is 1.62. The Morgan fingerprint density at radius 3 is 2.38 bits per heavy atom. The maximum atomic E-state index is 12.8. The summed E-state index contributed by atoms with van der Waals surface area (Å²) >= 11 is 0. The molecule has 0 fully saturated rings. The van der Waals surface area contributed by atoms with E-state index in [0.717, 1.165) is 16.8 Å². The number of ether oxygens (including phenoxy) is 1. The highest BCUT2D eigenvalue weighted by Crippen LogP contribution is 2.20. The van der Waals surface area contributed by atoms with Gasteiger partial charge >= 0.3 is 0 Å². The molecule has 1 N–H and O–H groups in total. The molecule has 150 valence electrons. The molecular weight excluding hydrogens is 368 g/mol. The molecule has 0 radical (unpaired) electrons. The van der Waals surface area contributed by atoms with Crippen molar-refractivity contribution in [3.63, 3.8) is 0 Å². The van der Waals surface area contributed by atoms with Crippen LogP contribution in [0.1, 0.15) is 27.2 Å². The van der Waals surface area contributed by atoms with Crippen molar-refractivity contribution in [1.82, 2.24) is 4.90 Å². The summed E-state index contributed by atoms with van der Waals surface area (Å²) in [6.45, 7) is 3.97. The minimum Gasteiger partial charge on any atom is -0.489 e. The number of nitrogens with one attached hydrogen (secondary N) is 1. The number of hydrogen-bond donors (Lipinski definition) is 1. The van der Waals surface area contributed by atoms with E-state index in [9.17, 15) is 9.59 Å². The van der Waals surface area contributed by atoms with Crippen molar-refractivity contribution in [3.8, 4) is 5.75 Å². The average molecular weight is 392 g/mol. The second kappa shape index (κ2) is 9.10. The van der Waals surface area contributed by atoms with Gasteiger partial charge in [-0.15, -0.1) is 0 Å². The molecule has 6 heteroatoms. The van der Waals surface area contributed by atoms with Gasteiger partial charge in [-0.1, -0.05) is 36.4 Å². The summed E-state index contributed by atoms with van der Waals surface area (Å²) in [6.07, 6.45) is 1.45. The molecule has 0 atom stereocenters. The summed E-state index contributed by atoms with van der Waals surface area (Å²) < 4.78 is 11.1. The van der Waals surface area contributed by atoms with Crippen LogP contribution in [0.3, 0.4) is 0 Å². The number of para-hydroxylation sites is 2. The van der Waals surface area contributed by atoms with Crippen molar-refractivity contribution in [1.29, 1.82) is 0 Å². The zero-order valence-corrected chi connectivity index (χ0v) is 16.8. The van der Waals surface area contributed by atoms with Crippen LogP contribution in [0, 0.1) is 13.8 Å². The van der Waals surface area contributed by atoms with Gasteiger partial charge in [0.25, 0.3) is 5.91 Å². The molecule has 29 heavy (non-hydrogen) atoms. The summed E-state index contributed by atoms with van der Waals surface area (Å²) in [5.74, 6) is 0.224. The molecule has 1 heterocycles. The highest BCUT2D eigenvalue weighted by Gasteiger charge is 2.22. The smallest absolute Gasteiger partial charge is 0.290 e. The Hall–Kier alpha value is -3.54. The number of likely N-dealkylation sites (N-methyl/N-ethyl adjacent to an activating group) is 1. The van der Waals surface area contributed by atoms with Gasteiger partial charge in [0.15, 0.2) is 5.76 Å². The number of furan rings is 1. The lowest BCUT2D eigenvalue weighted by atomic mass is 10.1. The molecular formula is C23H24N2O4. The van der Waals surface area contributed by atoms with Gasteiger partial charge in [-0.2, -0.15) is 0 Å². The summed E-state index contributed by atoms with van der Waals surface area (Å²) in [5, 5.41) is 2.88. The number of benzene rings is 2. The van der Waals surface area contributed by atoms with E-state index in [1.165, 1.54) is 11.2 Å². The minimum absolute atomic E-state index is 0.0910. The third-order valence-electron chi connectivity index (χ3n) is 4.55. The number of amides is 2. The SMILES string of the molecule is Cc1cccc(C)c1NC(=O)CN(C)C(=O)c1occc1COc1ccccc1. The lowest BCUT2D eigenvalue weighted by molar-refractivity contribution is -0.116. The zero-order chi connectivity index (χ0) is 20.8. The zero-order valence-electron chi connectivity index (χ0n) is 16.8. The van der Waals surface area contributed by atoms with E-state index in [2.05, 4.69) is 5.32 Å². The second-order valence-electron chi connectivity index (χ2n) is 6.85. The Kier molecular flexibility index (Phi) is 6.34. The van der Waals surface area contributed by atoms with E-state index in [4.69, 9.17) is 9.15 Å².